The summed E-state index contributed by atoms with van der Waals surface area (Å²) >= 11 is 3.09. The molecule has 2 N–H and O–H groups in total. The van der Waals surface area contributed by atoms with Gasteiger partial charge in [-0.05, 0) is 44.2 Å². The van der Waals surface area contributed by atoms with E-state index in [1.165, 1.54) is 11.3 Å². The van der Waals surface area contributed by atoms with Gasteiger partial charge < -0.3 is 10.6 Å². The predicted octanol–water partition coefficient (Wildman–Crippen LogP) is 4.69. The molecule has 136 valence electrons. The molecule has 0 atom stereocenters. The summed E-state index contributed by atoms with van der Waals surface area (Å²) in [6.07, 6.45) is 0.216. The van der Waals surface area contributed by atoms with Crippen molar-refractivity contribution in [2.75, 3.05) is 10.6 Å². The lowest BCUT2D eigenvalue weighted by atomic mass is 10.2. The topological polar surface area (TPSA) is 79.8 Å². The van der Waals surface area contributed by atoms with Crippen molar-refractivity contribution in [3.8, 4) is 0 Å². The zero-order valence-corrected chi connectivity index (χ0v) is 16.4. The molecule has 3 heterocycles. The number of carbonyl (C=O) groups excluding carboxylic acids is 1. The summed E-state index contributed by atoms with van der Waals surface area (Å²) in [4.78, 5) is 25.7. The summed E-state index contributed by atoms with van der Waals surface area (Å²) in [5.74, 6) is 0.638. The van der Waals surface area contributed by atoms with Gasteiger partial charge in [-0.3, -0.25) is 4.79 Å². The highest BCUT2D eigenvalue weighted by atomic mass is 32.1. The largest absolute Gasteiger partial charge is 0.326 e. The Morgan fingerprint density at radius 1 is 1.11 bits per heavy atom. The molecule has 0 radical (unpaired) electrons. The lowest BCUT2D eigenvalue weighted by molar-refractivity contribution is -0.115. The summed E-state index contributed by atoms with van der Waals surface area (Å²) in [7, 11) is 0. The highest BCUT2D eigenvalue weighted by Gasteiger charge is 2.10. The minimum absolute atomic E-state index is 0.105. The number of aromatic nitrogens is 3. The van der Waals surface area contributed by atoms with Gasteiger partial charge >= 0.3 is 0 Å². The maximum atomic E-state index is 12.3. The highest BCUT2D eigenvalue weighted by molar-refractivity contribution is 7.18. The Labute approximate surface area is 164 Å². The highest BCUT2D eigenvalue weighted by Crippen LogP contribution is 2.25. The van der Waals surface area contributed by atoms with E-state index in [1.807, 2.05) is 55.6 Å². The molecule has 0 saturated carbocycles. The van der Waals surface area contributed by atoms with Crippen molar-refractivity contribution < 1.29 is 4.79 Å². The molecule has 3 aromatic heterocycles. The summed E-state index contributed by atoms with van der Waals surface area (Å²) in [6, 6.07) is 11.5. The molecule has 0 bridgehead atoms. The monoisotopic (exact) mass is 395 g/mol. The first-order chi connectivity index (χ1) is 13.0. The number of aryl methyl sites for hydroxylation is 2. The van der Waals surface area contributed by atoms with E-state index < -0.39 is 0 Å². The molecule has 0 aliphatic carbocycles. The van der Waals surface area contributed by atoms with Crippen molar-refractivity contribution in [2.24, 2.45) is 0 Å². The van der Waals surface area contributed by atoms with Crippen LogP contribution in [0.2, 0.25) is 0 Å². The van der Waals surface area contributed by atoms with Gasteiger partial charge in [0.25, 0.3) is 0 Å². The number of carbonyl (C=O) groups is 1. The zero-order chi connectivity index (χ0) is 18.8. The molecule has 4 rings (SSSR count). The van der Waals surface area contributed by atoms with Crippen LogP contribution in [-0.2, 0) is 11.2 Å². The number of hydrogen-bond donors (Lipinski definition) is 2. The van der Waals surface area contributed by atoms with E-state index in [0.717, 1.165) is 43.2 Å². The van der Waals surface area contributed by atoms with Crippen molar-refractivity contribution in [1.82, 2.24) is 15.0 Å². The SMILES string of the molecule is Cc1cccc(Nc2nc(CC(=O)Nc3ccc4sc(C)nc4c3)cs2)n1. The van der Waals surface area contributed by atoms with E-state index in [0.29, 0.717) is 0 Å². The predicted molar refractivity (Wildman–Crippen MR) is 111 cm³/mol. The maximum absolute atomic E-state index is 12.3. The number of fused-ring (bicyclic) bond motifs is 1. The number of nitrogens with one attached hydrogen (secondary N) is 2. The first-order valence-electron chi connectivity index (χ1n) is 8.37. The van der Waals surface area contributed by atoms with Gasteiger partial charge in [-0.2, -0.15) is 0 Å². The molecule has 27 heavy (non-hydrogen) atoms. The number of amides is 1. The number of thiazole rings is 2. The fourth-order valence-corrected chi connectivity index (χ4v) is 4.18. The number of pyridine rings is 1. The van der Waals surface area contributed by atoms with Gasteiger partial charge in [0.15, 0.2) is 5.13 Å². The van der Waals surface area contributed by atoms with Crippen LogP contribution in [0.15, 0.2) is 41.8 Å². The van der Waals surface area contributed by atoms with E-state index in [-0.39, 0.29) is 12.3 Å². The summed E-state index contributed by atoms with van der Waals surface area (Å²) < 4.78 is 1.12. The molecule has 4 aromatic rings. The molecule has 1 aromatic carbocycles. The summed E-state index contributed by atoms with van der Waals surface area (Å²) in [6.45, 7) is 3.91. The van der Waals surface area contributed by atoms with Crippen molar-refractivity contribution in [2.45, 2.75) is 20.3 Å². The second-order valence-corrected chi connectivity index (χ2v) is 8.17. The van der Waals surface area contributed by atoms with Crippen molar-refractivity contribution in [1.29, 1.82) is 0 Å². The molecule has 0 unspecified atom stereocenters. The van der Waals surface area contributed by atoms with E-state index in [9.17, 15) is 4.79 Å². The van der Waals surface area contributed by atoms with Crippen LogP contribution in [0.4, 0.5) is 16.6 Å². The Morgan fingerprint density at radius 3 is 2.85 bits per heavy atom. The average molecular weight is 396 g/mol. The first kappa shape index (κ1) is 17.6. The van der Waals surface area contributed by atoms with E-state index in [1.54, 1.807) is 11.3 Å². The van der Waals surface area contributed by atoms with Gasteiger partial charge in [0.2, 0.25) is 5.91 Å². The minimum Gasteiger partial charge on any atom is -0.326 e. The molecule has 8 heteroatoms. The van der Waals surface area contributed by atoms with E-state index in [4.69, 9.17) is 0 Å². The van der Waals surface area contributed by atoms with Crippen LogP contribution in [0.5, 0.6) is 0 Å². The lowest BCUT2D eigenvalue weighted by Gasteiger charge is -2.04. The molecule has 1 amide bonds. The first-order valence-corrected chi connectivity index (χ1v) is 10.1. The lowest BCUT2D eigenvalue weighted by Crippen LogP contribution is -2.14. The fraction of sp³-hybridized carbons (Fsp3) is 0.158. The average Bonchev–Trinajstić information content (AvgIpc) is 3.19. The molecule has 0 aliphatic rings. The Kier molecular flexibility index (Phi) is 4.83. The van der Waals surface area contributed by atoms with Crippen LogP contribution in [0, 0.1) is 13.8 Å². The third-order valence-electron chi connectivity index (χ3n) is 3.80. The molecule has 6 nitrogen and oxygen atoms in total. The second-order valence-electron chi connectivity index (χ2n) is 6.07. The Hall–Kier alpha value is -2.84. The van der Waals surface area contributed by atoms with Crippen LogP contribution in [0.3, 0.4) is 0 Å². The van der Waals surface area contributed by atoms with Crippen molar-refractivity contribution in [3.05, 3.63) is 58.2 Å². The molecule has 0 spiro atoms. The van der Waals surface area contributed by atoms with Crippen LogP contribution in [0.25, 0.3) is 10.2 Å². The van der Waals surface area contributed by atoms with Crippen LogP contribution < -0.4 is 10.6 Å². The number of benzene rings is 1. The second kappa shape index (κ2) is 7.42. The number of rotatable bonds is 5. The van der Waals surface area contributed by atoms with Gasteiger partial charge in [-0.1, -0.05) is 6.07 Å². The molecular weight excluding hydrogens is 378 g/mol. The number of anilines is 3. The maximum Gasteiger partial charge on any atom is 0.230 e. The van der Waals surface area contributed by atoms with Gasteiger partial charge in [0, 0.05) is 16.8 Å². The number of nitrogens with zero attached hydrogens (tertiary/aromatic N) is 3. The summed E-state index contributed by atoms with van der Waals surface area (Å²) in [5.41, 5.74) is 3.30. The smallest absolute Gasteiger partial charge is 0.230 e. The van der Waals surface area contributed by atoms with Gasteiger partial charge in [0.1, 0.15) is 5.82 Å². The Bertz CT molecular complexity index is 1120. The van der Waals surface area contributed by atoms with Crippen LogP contribution in [0.1, 0.15) is 16.4 Å². The van der Waals surface area contributed by atoms with Crippen LogP contribution in [-0.4, -0.2) is 20.9 Å². The Balaban J connectivity index is 1.39. The fourth-order valence-electron chi connectivity index (χ4n) is 2.66. The van der Waals surface area contributed by atoms with Gasteiger partial charge in [-0.25, -0.2) is 15.0 Å². The van der Waals surface area contributed by atoms with E-state index >= 15 is 0 Å². The quantitative estimate of drug-likeness (QED) is 0.512. The van der Waals surface area contributed by atoms with Gasteiger partial charge in [-0.15, -0.1) is 22.7 Å². The summed E-state index contributed by atoms with van der Waals surface area (Å²) in [5, 5.41) is 9.69. The molecule has 0 saturated heterocycles. The standard InChI is InChI=1S/C19H17N5OS2/c1-11-4-3-5-17(20-11)24-19-23-14(10-26-19)9-18(25)22-13-6-7-16-15(8-13)21-12(2)27-16/h3-8,10H,9H2,1-2H3,(H,22,25)(H,20,23,24). The molecule has 0 aliphatic heterocycles. The third-order valence-corrected chi connectivity index (χ3v) is 5.55. The molecular formula is C19H17N5OS2. The van der Waals surface area contributed by atoms with Crippen molar-refractivity contribution in [3.63, 3.8) is 0 Å². The van der Waals surface area contributed by atoms with Crippen molar-refractivity contribution >= 4 is 55.4 Å². The van der Waals surface area contributed by atoms with Crippen LogP contribution >= 0.6 is 22.7 Å². The Morgan fingerprint density at radius 2 is 2.00 bits per heavy atom. The van der Waals surface area contributed by atoms with Gasteiger partial charge in [0.05, 0.1) is 27.3 Å². The normalized spacial score (nSPS) is 10.9. The third kappa shape index (κ3) is 4.29. The molecule has 0 fully saturated rings. The number of hydrogen-bond acceptors (Lipinski definition) is 7. The zero-order valence-electron chi connectivity index (χ0n) is 14.8. The van der Waals surface area contributed by atoms with E-state index in [2.05, 4.69) is 25.6 Å². The minimum atomic E-state index is -0.105.